The van der Waals surface area contributed by atoms with Gasteiger partial charge in [0.15, 0.2) is 0 Å². The van der Waals surface area contributed by atoms with Gasteiger partial charge in [-0.1, -0.05) is 38.5 Å². The van der Waals surface area contributed by atoms with Gasteiger partial charge in [-0.25, -0.2) is 4.68 Å². The summed E-state index contributed by atoms with van der Waals surface area (Å²) in [6, 6.07) is 8.26. The number of likely N-dealkylation sites (tertiary alicyclic amines) is 1. The molecule has 0 radical (unpaired) electrons. The van der Waals surface area contributed by atoms with Crippen LogP contribution in [0, 0.1) is 18.8 Å². The zero-order chi connectivity index (χ0) is 17.3. The third-order valence-electron chi connectivity index (χ3n) is 4.87. The van der Waals surface area contributed by atoms with Crippen molar-refractivity contribution >= 4 is 5.91 Å². The fourth-order valence-electron chi connectivity index (χ4n) is 3.80. The summed E-state index contributed by atoms with van der Waals surface area (Å²) in [5.41, 5.74) is 3.97. The Balaban J connectivity index is 1.91. The van der Waals surface area contributed by atoms with Crippen LogP contribution >= 0.6 is 0 Å². The first-order valence-electron chi connectivity index (χ1n) is 8.92. The first-order chi connectivity index (χ1) is 11.5. The molecular weight excluding hydrogens is 298 g/mol. The van der Waals surface area contributed by atoms with Gasteiger partial charge in [0, 0.05) is 13.1 Å². The molecule has 1 aromatic carbocycles. The Morgan fingerprint density at radius 3 is 2.38 bits per heavy atom. The van der Waals surface area contributed by atoms with Gasteiger partial charge in [-0.15, -0.1) is 0 Å². The molecule has 3 rings (SSSR count). The zero-order valence-electron chi connectivity index (χ0n) is 15.1. The zero-order valence-corrected chi connectivity index (χ0v) is 15.1. The monoisotopic (exact) mass is 325 g/mol. The van der Waals surface area contributed by atoms with Gasteiger partial charge < -0.3 is 4.90 Å². The summed E-state index contributed by atoms with van der Waals surface area (Å²) in [7, 11) is 0. The van der Waals surface area contributed by atoms with Gasteiger partial charge in [0.1, 0.15) is 0 Å². The third-order valence-corrected chi connectivity index (χ3v) is 4.87. The molecule has 0 spiro atoms. The second kappa shape index (κ2) is 6.80. The number of aryl methyl sites for hydroxylation is 1. The molecule has 4 nitrogen and oxygen atoms in total. The highest BCUT2D eigenvalue weighted by Gasteiger charge is 2.28. The van der Waals surface area contributed by atoms with Crippen molar-refractivity contribution in [3.63, 3.8) is 0 Å². The van der Waals surface area contributed by atoms with E-state index in [1.54, 1.807) is 6.20 Å². The van der Waals surface area contributed by atoms with E-state index in [9.17, 15) is 4.79 Å². The lowest BCUT2D eigenvalue weighted by Gasteiger charge is -2.35. The van der Waals surface area contributed by atoms with E-state index in [0.717, 1.165) is 36.5 Å². The lowest BCUT2D eigenvalue weighted by Crippen LogP contribution is -2.42. The standard InChI is InChI=1S/C20H27N3O/c1-5-19-18(20(24)22-12-15(3)10-16(4)13-22)11-21-23(19)17-8-6-14(2)7-9-17/h6-9,11,15-16H,5,10,12-13H2,1-4H3. The summed E-state index contributed by atoms with van der Waals surface area (Å²) < 4.78 is 1.91. The first-order valence-corrected chi connectivity index (χ1v) is 8.92. The van der Waals surface area contributed by atoms with Crippen LogP contribution in [0.3, 0.4) is 0 Å². The smallest absolute Gasteiger partial charge is 0.257 e. The maximum atomic E-state index is 13.0. The average Bonchev–Trinajstić information content (AvgIpc) is 2.97. The van der Waals surface area contributed by atoms with E-state index in [1.807, 2.05) is 9.58 Å². The van der Waals surface area contributed by atoms with E-state index in [2.05, 4.69) is 57.1 Å². The lowest BCUT2D eigenvalue weighted by molar-refractivity contribution is 0.0622. The summed E-state index contributed by atoms with van der Waals surface area (Å²) in [4.78, 5) is 15.1. The molecule has 128 valence electrons. The van der Waals surface area contributed by atoms with Crippen LogP contribution in [0.2, 0.25) is 0 Å². The Labute approximate surface area is 144 Å². The normalized spacial score (nSPS) is 21.1. The minimum Gasteiger partial charge on any atom is -0.338 e. The van der Waals surface area contributed by atoms with E-state index in [-0.39, 0.29) is 5.91 Å². The minimum atomic E-state index is 0.128. The molecule has 1 amide bonds. The van der Waals surface area contributed by atoms with E-state index >= 15 is 0 Å². The van der Waals surface area contributed by atoms with Crippen LogP contribution in [0.15, 0.2) is 30.5 Å². The van der Waals surface area contributed by atoms with E-state index in [0.29, 0.717) is 11.8 Å². The molecule has 0 saturated carbocycles. The Morgan fingerprint density at radius 1 is 1.17 bits per heavy atom. The number of benzene rings is 1. The average molecular weight is 325 g/mol. The minimum absolute atomic E-state index is 0.128. The maximum Gasteiger partial charge on any atom is 0.257 e. The quantitative estimate of drug-likeness (QED) is 0.859. The number of hydrogen-bond donors (Lipinski definition) is 0. The molecular formula is C20H27N3O. The van der Waals surface area contributed by atoms with Crippen molar-refractivity contribution in [3.05, 3.63) is 47.3 Å². The number of rotatable bonds is 3. The third kappa shape index (κ3) is 3.23. The summed E-state index contributed by atoms with van der Waals surface area (Å²) in [5.74, 6) is 1.26. The molecule has 2 heterocycles. The van der Waals surface area contributed by atoms with Crippen molar-refractivity contribution in [2.45, 2.75) is 40.5 Å². The Hall–Kier alpha value is -2.10. The van der Waals surface area contributed by atoms with Gasteiger partial charge in [-0.3, -0.25) is 4.79 Å². The molecule has 24 heavy (non-hydrogen) atoms. The van der Waals surface area contributed by atoms with Crippen molar-refractivity contribution in [2.24, 2.45) is 11.8 Å². The largest absolute Gasteiger partial charge is 0.338 e. The second-order valence-electron chi connectivity index (χ2n) is 7.26. The first kappa shape index (κ1) is 16.7. The molecule has 4 heteroatoms. The van der Waals surface area contributed by atoms with E-state index < -0.39 is 0 Å². The fourth-order valence-corrected chi connectivity index (χ4v) is 3.80. The van der Waals surface area contributed by atoms with Crippen molar-refractivity contribution in [3.8, 4) is 5.69 Å². The number of carbonyl (C=O) groups excluding carboxylic acids is 1. The van der Waals surface area contributed by atoms with Crippen molar-refractivity contribution in [1.29, 1.82) is 0 Å². The second-order valence-corrected chi connectivity index (χ2v) is 7.26. The molecule has 2 atom stereocenters. The van der Waals surface area contributed by atoms with Crippen molar-refractivity contribution in [2.75, 3.05) is 13.1 Å². The molecule has 0 aliphatic carbocycles. The van der Waals surface area contributed by atoms with Crippen LogP contribution in [0.4, 0.5) is 0 Å². The summed E-state index contributed by atoms with van der Waals surface area (Å²) >= 11 is 0. The highest BCUT2D eigenvalue weighted by Crippen LogP contribution is 2.24. The highest BCUT2D eigenvalue weighted by atomic mass is 16.2. The van der Waals surface area contributed by atoms with E-state index in [4.69, 9.17) is 0 Å². The van der Waals surface area contributed by atoms with Gasteiger partial charge in [0.25, 0.3) is 5.91 Å². The van der Waals surface area contributed by atoms with Gasteiger partial charge in [0.05, 0.1) is 23.1 Å². The number of nitrogens with zero attached hydrogens (tertiary/aromatic N) is 3. The Morgan fingerprint density at radius 2 is 1.79 bits per heavy atom. The molecule has 2 unspecified atom stereocenters. The number of hydrogen-bond acceptors (Lipinski definition) is 2. The van der Waals surface area contributed by atoms with Crippen LogP contribution in [0.1, 0.15) is 48.8 Å². The lowest BCUT2D eigenvalue weighted by atomic mass is 9.91. The van der Waals surface area contributed by atoms with Crippen LogP contribution in [0.25, 0.3) is 5.69 Å². The number of carbonyl (C=O) groups is 1. The Kier molecular flexibility index (Phi) is 4.74. The molecule has 2 aromatic rings. The van der Waals surface area contributed by atoms with Crippen LogP contribution in [-0.4, -0.2) is 33.7 Å². The number of piperidine rings is 1. The molecule has 0 N–H and O–H groups in total. The highest BCUT2D eigenvalue weighted by molar-refractivity contribution is 5.95. The predicted octanol–water partition coefficient (Wildman–Crippen LogP) is 3.86. The van der Waals surface area contributed by atoms with Crippen molar-refractivity contribution in [1.82, 2.24) is 14.7 Å². The van der Waals surface area contributed by atoms with Gasteiger partial charge in [-0.2, -0.15) is 5.10 Å². The van der Waals surface area contributed by atoms with Crippen LogP contribution in [-0.2, 0) is 6.42 Å². The topological polar surface area (TPSA) is 38.1 Å². The summed E-state index contributed by atoms with van der Waals surface area (Å²) in [6.45, 7) is 10.3. The Bertz CT molecular complexity index is 707. The van der Waals surface area contributed by atoms with Crippen molar-refractivity contribution < 1.29 is 4.79 Å². The SMILES string of the molecule is CCc1c(C(=O)N2CC(C)CC(C)C2)cnn1-c1ccc(C)cc1. The molecule has 1 saturated heterocycles. The van der Waals surface area contributed by atoms with E-state index in [1.165, 1.54) is 12.0 Å². The number of aromatic nitrogens is 2. The molecule has 1 fully saturated rings. The molecule has 0 bridgehead atoms. The predicted molar refractivity (Wildman–Crippen MR) is 96.5 cm³/mol. The summed E-state index contributed by atoms with van der Waals surface area (Å²) in [6.07, 6.45) is 3.73. The fraction of sp³-hybridized carbons (Fsp3) is 0.500. The van der Waals surface area contributed by atoms with Gasteiger partial charge >= 0.3 is 0 Å². The van der Waals surface area contributed by atoms with Gasteiger partial charge in [-0.05, 0) is 43.7 Å². The molecule has 1 aliphatic heterocycles. The maximum absolute atomic E-state index is 13.0. The van der Waals surface area contributed by atoms with Crippen LogP contribution in [0.5, 0.6) is 0 Å². The summed E-state index contributed by atoms with van der Waals surface area (Å²) in [5, 5.41) is 4.51. The molecule has 1 aromatic heterocycles. The van der Waals surface area contributed by atoms with Crippen LogP contribution < -0.4 is 0 Å². The van der Waals surface area contributed by atoms with Gasteiger partial charge in [0.2, 0.25) is 0 Å². The number of amides is 1. The molecule has 1 aliphatic rings.